The molecule has 1 N–H and O–H groups in total. The van der Waals surface area contributed by atoms with E-state index in [1.165, 1.54) is 12.1 Å². The molecule has 0 aromatic heterocycles. The van der Waals surface area contributed by atoms with Crippen LogP contribution in [0.2, 0.25) is 5.02 Å². The second kappa shape index (κ2) is 6.95. The number of aliphatic hydroxyl groups is 1. The summed E-state index contributed by atoms with van der Waals surface area (Å²) in [6, 6.07) is 3.32. The van der Waals surface area contributed by atoms with Crippen LogP contribution in [0.25, 0.3) is 0 Å². The normalized spacial score (nSPS) is 22.2. The number of halogens is 1. The first-order chi connectivity index (χ1) is 9.80. The fourth-order valence-electron chi connectivity index (χ4n) is 2.41. The third-order valence-corrected chi connectivity index (χ3v) is 6.00. The van der Waals surface area contributed by atoms with E-state index in [2.05, 4.69) is 4.74 Å². The number of ether oxygens (including phenoxy) is 1. The Balaban J connectivity index is 0.00000242. The molecule has 0 saturated carbocycles. The number of nitrogens with zero attached hydrogens (tertiary/aromatic N) is 1. The van der Waals surface area contributed by atoms with Crippen LogP contribution in [0.1, 0.15) is 19.4 Å². The van der Waals surface area contributed by atoms with Crippen LogP contribution in [0.4, 0.5) is 0 Å². The van der Waals surface area contributed by atoms with Crippen LogP contribution in [0.5, 0.6) is 0 Å². The molecular weight excluding hydrogens is 330 g/mol. The highest BCUT2D eigenvalue weighted by Crippen LogP contribution is 2.31. The van der Waals surface area contributed by atoms with Gasteiger partial charge in [0.25, 0.3) is 0 Å². The van der Waals surface area contributed by atoms with Gasteiger partial charge in [0.15, 0.2) is 0 Å². The Labute approximate surface area is 135 Å². The van der Waals surface area contributed by atoms with Crippen molar-refractivity contribution >= 4 is 27.6 Å². The maximum absolute atomic E-state index is 12.7. The van der Waals surface area contributed by atoms with Gasteiger partial charge in [0.1, 0.15) is 6.04 Å². The van der Waals surface area contributed by atoms with Crippen LogP contribution in [0, 0.1) is 6.92 Å². The first-order valence-electron chi connectivity index (χ1n) is 6.33. The molecular formula is C14H20ClNO5S. The first-order valence-corrected chi connectivity index (χ1v) is 8.15. The average Bonchev–Trinajstić information content (AvgIpc) is 2.83. The number of carbonyl (C=O) groups excluding carboxylic acids is 1. The van der Waals surface area contributed by atoms with Crippen LogP contribution in [-0.2, 0) is 19.6 Å². The quantitative estimate of drug-likeness (QED) is 0.837. The van der Waals surface area contributed by atoms with Crippen LogP contribution in [0.15, 0.2) is 23.1 Å². The Kier molecular flexibility index (Phi) is 5.97. The zero-order valence-electron chi connectivity index (χ0n) is 11.6. The molecule has 0 spiro atoms. The van der Waals surface area contributed by atoms with Crippen LogP contribution >= 0.6 is 11.6 Å². The molecule has 1 aliphatic heterocycles. The SMILES string of the molecule is C.COC(=O)[C@@H]1[C@H](O)CCN1S(=O)(=O)c1cccc(Cl)c1C. The van der Waals surface area contributed by atoms with E-state index in [1.54, 1.807) is 13.0 Å². The molecule has 6 nitrogen and oxygen atoms in total. The molecule has 22 heavy (non-hydrogen) atoms. The number of benzene rings is 1. The number of esters is 1. The van der Waals surface area contributed by atoms with Crippen molar-refractivity contribution in [2.75, 3.05) is 13.7 Å². The van der Waals surface area contributed by atoms with Gasteiger partial charge in [0.05, 0.1) is 18.1 Å². The van der Waals surface area contributed by atoms with Crippen molar-refractivity contribution in [3.63, 3.8) is 0 Å². The van der Waals surface area contributed by atoms with Gasteiger partial charge >= 0.3 is 5.97 Å². The molecule has 0 unspecified atom stereocenters. The summed E-state index contributed by atoms with van der Waals surface area (Å²) in [5.74, 6) is -0.775. The largest absolute Gasteiger partial charge is 0.468 e. The zero-order chi connectivity index (χ0) is 15.8. The summed E-state index contributed by atoms with van der Waals surface area (Å²) < 4.78 is 31.0. The van der Waals surface area contributed by atoms with Crippen molar-refractivity contribution in [1.29, 1.82) is 0 Å². The molecule has 124 valence electrons. The average molecular weight is 350 g/mol. The maximum atomic E-state index is 12.7. The highest BCUT2D eigenvalue weighted by Gasteiger charge is 2.46. The van der Waals surface area contributed by atoms with Gasteiger partial charge in [-0.15, -0.1) is 0 Å². The summed E-state index contributed by atoms with van der Waals surface area (Å²) in [7, 11) is -2.79. The minimum atomic E-state index is -3.94. The smallest absolute Gasteiger partial charge is 0.326 e. The van der Waals surface area contributed by atoms with Crippen molar-refractivity contribution in [2.45, 2.75) is 37.8 Å². The van der Waals surface area contributed by atoms with Gasteiger partial charge in [-0.2, -0.15) is 4.31 Å². The monoisotopic (exact) mass is 349 g/mol. The van der Waals surface area contributed by atoms with Gasteiger partial charge in [-0.25, -0.2) is 8.42 Å². The fourth-order valence-corrected chi connectivity index (χ4v) is 4.51. The van der Waals surface area contributed by atoms with E-state index in [4.69, 9.17) is 11.6 Å². The van der Waals surface area contributed by atoms with Gasteiger partial charge < -0.3 is 9.84 Å². The summed E-state index contributed by atoms with van der Waals surface area (Å²) in [5, 5.41) is 10.2. The Bertz CT molecular complexity index is 661. The molecule has 2 rings (SSSR count). The molecule has 1 aromatic rings. The van der Waals surface area contributed by atoms with Crippen LogP contribution in [0.3, 0.4) is 0 Å². The van der Waals surface area contributed by atoms with E-state index in [0.29, 0.717) is 10.6 Å². The molecule has 2 atom stereocenters. The summed E-state index contributed by atoms with van der Waals surface area (Å²) in [6.45, 7) is 1.64. The summed E-state index contributed by atoms with van der Waals surface area (Å²) in [5.41, 5.74) is 0.407. The van der Waals surface area contributed by atoms with Gasteiger partial charge in [-0.1, -0.05) is 25.1 Å². The Hall–Kier alpha value is -1.15. The Morgan fingerprint density at radius 3 is 2.68 bits per heavy atom. The second-order valence-electron chi connectivity index (χ2n) is 4.80. The molecule has 1 heterocycles. The van der Waals surface area contributed by atoms with E-state index in [-0.39, 0.29) is 25.3 Å². The van der Waals surface area contributed by atoms with Crippen molar-refractivity contribution in [3.05, 3.63) is 28.8 Å². The van der Waals surface area contributed by atoms with E-state index in [9.17, 15) is 18.3 Å². The number of sulfonamides is 1. The lowest BCUT2D eigenvalue weighted by Gasteiger charge is -2.24. The van der Waals surface area contributed by atoms with Crippen molar-refractivity contribution in [3.8, 4) is 0 Å². The predicted octanol–water partition coefficient (Wildman–Crippen LogP) is 1.58. The summed E-state index contributed by atoms with van der Waals surface area (Å²) in [6.07, 6.45) is -0.898. The Morgan fingerprint density at radius 1 is 1.45 bits per heavy atom. The summed E-state index contributed by atoms with van der Waals surface area (Å²) >= 11 is 5.96. The first kappa shape index (κ1) is 18.9. The van der Waals surface area contributed by atoms with E-state index < -0.39 is 28.1 Å². The van der Waals surface area contributed by atoms with Gasteiger partial charge in [0.2, 0.25) is 10.0 Å². The Morgan fingerprint density at radius 2 is 2.09 bits per heavy atom. The highest BCUT2D eigenvalue weighted by atomic mass is 35.5. The van der Waals surface area contributed by atoms with Crippen molar-refractivity contribution < 1.29 is 23.1 Å². The standard InChI is InChI=1S/C13H16ClNO5S.CH4/c1-8-9(14)4-3-5-11(8)21(18,19)15-7-6-10(16)12(15)13(17)20-2;/h3-5,10,12,16H,6-7H2,1-2H3;1H4/t10-,12+;/m1./s1. The predicted molar refractivity (Wildman–Crippen MR) is 83.2 cm³/mol. The number of carbonyl (C=O) groups is 1. The lowest BCUT2D eigenvalue weighted by Crippen LogP contribution is -2.45. The number of aliphatic hydroxyl groups excluding tert-OH is 1. The lowest BCUT2D eigenvalue weighted by molar-refractivity contribution is -0.146. The van der Waals surface area contributed by atoms with Gasteiger partial charge in [-0.05, 0) is 31.0 Å². The number of methoxy groups -OCH3 is 1. The topological polar surface area (TPSA) is 83.9 Å². The van der Waals surface area contributed by atoms with Gasteiger partial charge in [0, 0.05) is 11.6 Å². The second-order valence-corrected chi connectivity index (χ2v) is 7.07. The highest BCUT2D eigenvalue weighted by molar-refractivity contribution is 7.89. The lowest BCUT2D eigenvalue weighted by atomic mass is 10.2. The molecule has 0 amide bonds. The minimum absolute atomic E-state index is 0. The minimum Gasteiger partial charge on any atom is -0.468 e. The zero-order valence-corrected chi connectivity index (χ0v) is 13.2. The third-order valence-electron chi connectivity index (χ3n) is 3.57. The molecule has 0 bridgehead atoms. The van der Waals surface area contributed by atoms with Crippen molar-refractivity contribution in [2.24, 2.45) is 0 Å². The van der Waals surface area contributed by atoms with E-state index in [0.717, 1.165) is 11.4 Å². The maximum Gasteiger partial charge on any atom is 0.326 e. The van der Waals surface area contributed by atoms with Crippen molar-refractivity contribution in [1.82, 2.24) is 4.31 Å². The number of hydrogen-bond acceptors (Lipinski definition) is 5. The van der Waals surface area contributed by atoms with E-state index in [1.807, 2.05) is 0 Å². The molecule has 8 heteroatoms. The molecule has 1 fully saturated rings. The molecule has 0 radical (unpaired) electrons. The van der Waals surface area contributed by atoms with Gasteiger partial charge in [-0.3, -0.25) is 4.79 Å². The molecule has 0 aliphatic carbocycles. The molecule has 1 saturated heterocycles. The third kappa shape index (κ3) is 3.12. The fraction of sp³-hybridized carbons (Fsp3) is 0.500. The van der Waals surface area contributed by atoms with Crippen LogP contribution < -0.4 is 0 Å². The summed E-state index contributed by atoms with van der Waals surface area (Å²) in [4.78, 5) is 11.8. The number of hydrogen-bond donors (Lipinski definition) is 1. The molecule has 1 aromatic carbocycles. The number of rotatable bonds is 3. The molecule has 1 aliphatic rings. The van der Waals surface area contributed by atoms with E-state index >= 15 is 0 Å². The van der Waals surface area contributed by atoms with Crippen LogP contribution in [-0.4, -0.2) is 49.6 Å².